The molecular weight excluding hydrogens is 436 g/mol. The van der Waals surface area contributed by atoms with Gasteiger partial charge in [0, 0.05) is 17.3 Å². The number of benzene rings is 3. The fourth-order valence-corrected chi connectivity index (χ4v) is 5.14. The number of halogens is 1. The van der Waals surface area contributed by atoms with Crippen LogP contribution in [-0.2, 0) is 21.2 Å². The number of carbonyl (C=O) groups excluding carboxylic acids is 1. The highest BCUT2D eigenvalue weighted by molar-refractivity contribution is 7.92. The van der Waals surface area contributed by atoms with Crippen LogP contribution in [0.5, 0.6) is 5.75 Å². The number of anilines is 2. The predicted octanol–water partition coefficient (Wildman–Crippen LogP) is 4.13. The number of rotatable bonds is 6. The van der Waals surface area contributed by atoms with Crippen molar-refractivity contribution in [2.24, 2.45) is 0 Å². The molecule has 160 valence electrons. The summed E-state index contributed by atoms with van der Waals surface area (Å²) < 4.78 is 33.2. The molecule has 0 unspecified atom stereocenters. The van der Waals surface area contributed by atoms with Crippen LogP contribution in [0, 0.1) is 0 Å². The van der Waals surface area contributed by atoms with Crippen LogP contribution in [0.25, 0.3) is 0 Å². The van der Waals surface area contributed by atoms with Gasteiger partial charge in [0.2, 0.25) is 5.91 Å². The monoisotopic (exact) mass is 456 g/mol. The Morgan fingerprint density at radius 1 is 1.03 bits per heavy atom. The second kappa shape index (κ2) is 8.61. The molecule has 0 fully saturated rings. The fraction of sp³-hybridized carbons (Fsp3) is 0.174. The molecule has 0 aliphatic carbocycles. The van der Waals surface area contributed by atoms with Crippen molar-refractivity contribution in [1.82, 2.24) is 0 Å². The first-order chi connectivity index (χ1) is 14.9. The minimum Gasteiger partial charge on any atom is -0.497 e. The van der Waals surface area contributed by atoms with Crippen LogP contribution in [0.15, 0.2) is 77.7 Å². The Morgan fingerprint density at radius 3 is 2.39 bits per heavy atom. The van der Waals surface area contributed by atoms with Crippen molar-refractivity contribution in [1.29, 1.82) is 0 Å². The standard InChI is InChI=1S/C23H21ClN2O4S/c1-30-20-10-12-21(13-11-20)31(28,29)26(19-8-6-18(24)7-9-19)16-23(27)25-15-14-17-4-2-3-5-22(17)25/h2-13H,14-16H2,1H3. The van der Waals surface area contributed by atoms with Gasteiger partial charge in [-0.2, -0.15) is 0 Å². The van der Waals surface area contributed by atoms with Gasteiger partial charge in [-0.25, -0.2) is 8.42 Å². The molecule has 6 nitrogen and oxygen atoms in total. The maximum Gasteiger partial charge on any atom is 0.264 e. The third-order valence-corrected chi connectivity index (χ3v) is 7.27. The zero-order valence-corrected chi connectivity index (χ0v) is 18.4. The molecule has 1 aliphatic heterocycles. The van der Waals surface area contributed by atoms with Crippen molar-refractivity contribution in [3.63, 3.8) is 0 Å². The molecule has 0 spiro atoms. The summed E-state index contributed by atoms with van der Waals surface area (Å²) in [6.45, 7) is 0.194. The zero-order chi connectivity index (χ0) is 22.0. The molecule has 0 N–H and O–H groups in total. The van der Waals surface area contributed by atoms with E-state index in [4.69, 9.17) is 16.3 Å². The summed E-state index contributed by atoms with van der Waals surface area (Å²) in [5.74, 6) is 0.249. The van der Waals surface area contributed by atoms with Crippen LogP contribution in [-0.4, -0.2) is 34.5 Å². The van der Waals surface area contributed by atoms with Gasteiger partial charge in [-0.05, 0) is 66.6 Å². The first-order valence-electron chi connectivity index (χ1n) is 9.71. The lowest BCUT2D eigenvalue weighted by atomic mass is 10.2. The van der Waals surface area contributed by atoms with Gasteiger partial charge in [0.05, 0.1) is 17.7 Å². The minimum atomic E-state index is -4.01. The quantitative estimate of drug-likeness (QED) is 0.559. The highest BCUT2D eigenvalue weighted by Gasteiger charge is 2.31. The van der Waals surface area contributed by atoms with E-state index >= 15 is 0 Å². The highest BCUT2D eigenvalue weighted by atomic mass is 35.5. The molecule has 0 aromatic heterocycles. The molecule has 31 heavy (non-hydrogen) atoms. The highest BCUT2D eigenvalue weighted by Crippen LogP contribution is 2.30. The van der Waals surface area contributed by atoms with Gasteiger partial charge in [0.1, 0.15) is 12.3 Å². The fourth-order valence-electron chi connectivity index (χ4n) is 3.60. The Labute approximate surface area is 186 Å². The molecule has 1 heterocycles. The molecule has 0 saturated carbocycles. The SMILES string of the molecule is COc1ccc(S(=O)(=O)N(CC(=O)N2CCc3ccccc32)c2ccc(Cl)cc2)cc1. The van der Waals surface area contributed by atoms with E-state index in [1.54, 1.807) is 41.3 Å². The lowest BCUT2D eigenvalue weighted by Crippen LogP contribution is -2.42. The average Bonchev–Trinajstić information content (AvgIpc) is 3.22. The van der Waals surface area contributed by atoms with Crippen molar-refractivity contribution in [2.45, 2.75) is 11.3 Å². The van der Waals surface area contributed by atoms with Gasteiger partial charge >= 0.3 is 0 Å². The molecule has 1 aliphatic rings. The number of hydrogen-bond acceptors (Lipinski definition) is 4. The van der Waals surface area contributed by atoms with E-state index in [0.29, 0.717) is 23.0 Å². The number of ether oxygens (including phenoxy) is 1. The van der Waals surface area contributed by atoms with Gasteiger partial charge < -0.3 is 9.64 Å². The van der Waals surface area contributed by atoms with E-state index in [9.17, 15) is 13.2 Å². The van der Waals surface area contributed by atoms with E-state index in [0.717, 1.165) is 22.0 Å². The van der Waals surface area contributed by atoms with E-state index in [-0.39, 0.29) is 17.3 Å². The summed E-state index contributed by atoms with van der Waals surface area (Å²) in [4.78, 5) is 14.9. The molecule has 0 radical (unpaired) electrons. The molecule has 0 atom stereocenters. The Bertz CT molecular complexity index is 1200. The maximum absolute atomic E-state index is 13.5. The van der Waals surface area contributed by atoms with Gasteiger partial charge in [-0.1, -0.05) is 29.8 Å². The van der Waals surface area contributed by atoms with Crippen LogP contribution in [0.2, 0.25) is 5.02 Å². The molecule has 1 amide bonds. The summed E-state index contributed by atoms with van der Waals surface area (Å²) >= 11 is 5.99. The molecule has 3 aromatic carbocycles. The van der Waals surface area contributed by atoms with E-state index in [1.807, 2.05) is 24.3 Å². The van der Waals surface area contributed by atoms with Crippen LogP contribution in [0.4, 0.5) is 11.4 Å². The smallest absolute Gasteiger partial charge is 0.264 e. The second-order valence-corrected chi connectivity index (χ2v) is 9.39. The normalized spacial score (nSPS) is 13.0. The van der Waals surface area contributed by atoms with Crippen LogP contribution < -0.4 is 13.9 Å². The van der Waals surface area contributed by atoms with Gasteiger partial charge in [-0.15, -0.1) is 0 Å². The van der Waals surface area contributed by atoms with Crippen molar-refractivity contribution in [2.75, 3.05) is 29.4 Å². The minimum absolute atomic E-state index is 0.0675. The lowest BCUT2D eigenvalue weighted by Gasteiger charge is -2.27. The number of amides is 1. The number of hydrogen-bond donors (Lipinski definition) is 0. The summed E-state index contributed by atoms with van der Waals surface area (Å²) in [7, 11) is -2.50. The Hall–Kier alpha value is -3.03. The van der Waals surface area contributed by atoms with Crippen molar-refractivity contribution < 1.29 is 17.9 Å². The maximum atomic E-state index is 13.5. The lowest BCUT2D eigenvalue weighted by molar-refractivity contribution is -0.117. The average molecular weight is 457 g/mol. The summed E-state index contributed by atoms with van der Waals surface area (Å²) in [5.41, 5.74) is 2.26. The first kappa shape index (κ1) is 21.2. The molecule has 0 bridgehead atoms. The second-order valence-electron chi connectivity index (χ2n) is 7.09. The molecule has 4 rings (SSSR count). The molecule has 0 saturated heterocycles. The Kier molecular flexibility index (Phi) is 5.89. The first-order valence-corrected chi connectivity index (χ1v) is 11.5. The number of carbonyl (C=O) groups is 1. The number of methoxy groups -OCH3 is 1. The Balaban J connectivity index is 1.69. The van der Waals surface area contributed by atoms with Gasteiger partial charge in [0.15, 0.2) is 0 Å². The van der Waals surface area contributed by atoms with E-state index < -0.39 is 10.0 Å². The molecule has 3 aromatic rings. The molecule has 8 heteroatoms. The van der Waals surface area contributed by atoms with E-state index in [1.165, 1.54) is 19.2 Å². The molecular formula is C23H21ClN2O4S. The number of para-hydroxylation sites is 1. The zero-order valence-electron chi connectivity index (χ0n) is 16.9. The summed E-state index contributed by atoms with van der Waals surface area (Å²) in [5, 5.41) is 0.477. The third kappa shape index (κ3) is 4.24. The topological polar surface area (TPSA) is 66.9 Å². The summed E-state index contributed by atoms with van der Waals surface area (Å²) in [6.07, 6.45) is 0.744. The van der Waals surface area contributed by atoms with Gasteiger partial charge in [-0.3, -0.25) is 9.10 Å². The number of sulfonamides is 1. The number of nitrogens with zero attached hydrogens (tertiary/aromatic N) is 2. The van der Waals surface area contributed by atoms with Gasteiger partial charge in [0.25, 0.3) is 10.0 Å². The summed E-state index contributed by atoms with van der Waals surface area (Å²) in [6, 6.07) is 20.1. The largest absolute Gasteiger partial charge is 0.497 e. The third-order valence-electron chi connectivity index (χ3n) is 5.23. The Morgan fingerprint density at radius 2 is 1.71 bits per heavy atom. The van der Waals surface area contributed by atoms with Crippen molar-refractivity contribution in [3.8, 4) is 5.75 Å². The van der Waals surface area contributed by atoms with Crippen molar-refractivity contribution >= 4 is 38.9 Å². The predicted molar refractivity (Wildman–Crippen MR) is 121 cm³/mol. The van der Waals surface area contributed by atoms with E-state index in [2.05, 4.69) is 0 Å². The number of fused-ring (bicyclic) bond motifs is 1. The van der Waals surface area contributed by atoms with Crippen molar-refractivity contribution in [3.05, 3.63) is 83.4 Å². The van der Waals surface area contributed by atoms with Crippen LogP contribution >= 0.6 is 11.6 Å². The van der Waals surface area contributed by atoms with Crippen LogP contribution in [0.1, 0.15) is 5.56 Å². The van der Waals surface area contributed by atoms with Crippen LogP contribution in [0.3, 0.4) is 0 Å².